The Morgan fingerprint density at radius 2 is 2.18 bits per heavy atom. The third-order valence-corrected chi connectivity index (χ3v) is 3.75. The third kappa shape index (κ3) is 2.68. The summed E-state index contributed by atoms with van der Waals surface area (Å²) in [5.74, 6) is 0.475. The molecule has 1 N–H and O–H groups in total. The lowest BCUT2D eigenvalue weighted by Gasteiger charge is -2.24. The minimum absolute atomic E-state index is 0.199. The van der Waals surface area contributed by atoms with Crippen molar-refractivity contribution in [2.45, 2.75) is 51.6 Å². The maximum atomic E-state index is 13.1. The summed E-state index contributed by atoms with van der Waals surface area (Å²) in [5, 5.41) is 10.6. The lowest BCUT2D eigenvalue weighted by atomic mass is 9.89. The molecular formula is C15H21FO. The molecule has 0 heterocycles. The van der Waals surface area contributed by atoms with E-state index in [1.54, 1.807) is 12.1 Å². The van der Waals surface area contributed by atoms with Crippen LogP contribution in [0, 0.1) is 11.7 Å². The SMILES string of the molecule is CC(C)CCCC1(O)CCc2cc(F)ccc21. The molecule has 1 aromatic carbocycles. The lowest BCUT2D eigenvalue weighted by Crippen LogP contribution is -2.22. The molecular weight excluding hydrogens is 215 g/mol. The molecule has 1 aromatic rings. The van der Waals surface area contributed by atoms with E-state index in [1.165, 1.54) is 6.07 Å². The Labute approximate surface area is 103 Å². The van der Waals surface area contributed by atoms with Gasteiger partial charge in [0.2, 0.25) is 0 Å². The predicted molar refractivity (Wildman–Crippen MR) is 67.3 cm³/mol. The summed E-state index contributed by atoms with van der Waals surface area (Å²) in [5.41, 5.74) is 1.22. The fourth-order valence-electron chi connectivity index (χ4n) is 2.76. The van der Waals surface area contributed by atoms with Gasteiger partial charge in [-0.2, -0.15) is 0 Å². The normalized spacial score (nSPS) is 23.1. The highest BCUT2D eigenvalue weighted by atomic mass is 19.1. The van der Waals surface area contributed by atoms with Gasteiger partial charge in [0.1, 0.15) is 5.82 Å². The molecule has 94 valence electrons. The van der Waals surface area contributed by atoms with Gasteiger partial charge in [0.05, 0.1) is 5.60 Å². The van der Waals surface area contributed by atoms with Crippen LogP contribution in [0.25, 0.3) is 0 Å². The molecule has 2 heteroatoms. The number of benzene rings is 1. The minimum Gasteiger partial charge on any atom is -0.385 e. The largest absolute Gasteiger partial charge is 0.385 e. The Balaban J connectivity index is 2.08. The number of aliphatic hydroxyl groups is 1. The van der Waals surface area contributed by atoms with E-state index < -0.39 is 5.60 Å². The van der Waals surface area contributed by atoms with Crippen LogP contribution in [0.3, 0.4) is 0 Å². The average molecular weight is 236 g/mol. The molecule has 0 radical (unpaired) electrons. The Morgan fingerprint density at radius 3 is 2.88 bits per heavy atom. The molecule has 0 bridgehead atoms. The summed E-state index contributed by atoms with van der Waals surface area (Å²) in [6.45, 7) is 4.39. The molecule has 1 unspecified atom stereocenters. The van der Waals surface area contributed by atoms with Gasteiger partial charge in [0.25, 0.3) is 0 Å². The van der Waals surface area contributed by atoms with Crippen molar-refractivity contribution in [3.63, 3.8) is 0 Å². The summed E-state index contributed by atoms with van der Waals surface area (Å²) in [6, 6.07) is 4.78. The first-order valence-corrected chi connectivity index (χ1v) is 6.52. The van der Waals surface area contributed by atoms with Crippen molar-refractivity contribution in [3.8, 4) is 0 Å². The quantitative estimate of drug-likeness (QED) is 0.843. The molecule has 0 saturated carbocycles. The standard InChI is InChI=1S/C15H21FO/c1-11(2)4-3-8-15(17)9-7-12-10-13(16)5-6-14(12)15/h5-6,10-11,17H,3-4,7-9H2,1-2H3. The smallest absolute Gasteiger partial charge is 0.123 e. The lowest BCUT2D eigenvalue weighted by molar-refractivity contribution is 0.0261. The maximum absolute atomic E-state index is 13.1. The number of rotatable bonds is 4. The first-order valence-electron chi connectivity index (χ1n) is 6.52. The number of hydrogen-bond donors (Lipinski definition) is 1. The summed E-state index contributed by atoms with van der Waals surface area (Å²) in [4.78, 5) is 0. The highest BCUT2D eigenvalue weighted by Crippen LogP contribution is 2.40. The van der Waals surface area contributed by atoms with E-state index in [-0.39, 0.29) is 5.82 Å². The summed E-state index contributed by atoms with van der Waals surface area (Å²) in [6.07, 6.45) is 4.50. The highest BCUT2D eigenvalue weighted by molar-refractivity contribution is 5.37. The van der Waals surface area contributed by atoms with E-state index in [9.17, 15) is 9.50 Å². The number of halogens is 1. The molecule has 0 amide bonds. The van der Waals surface area contributed by atoms with E-state index in [1.807, 2.05) is 0 Å². The number of fused-ring (bicyclic) bond motifs is 1. The second kappa shape index (κ2) is 4.77. The average Bonchev–Trinajstić information content (AvgIpc) is 2.56. The topological polar surface area (TPSA) is 20.2 Å². The van der Waals surface area contributed by atoms with Crippen LogP contribution in [0.5, 0.6) is 0 Å². The molecule has 0 spiro atoms. The van der Waals surface area contributed by atoms with Gasteiger partial charge in [-0.15, -0.1) is 0 Å². The van der Waals surface area contributed by atoms with Gasteiger partial charge in [-0.1, -0.05) is 26.3 Å². The first-order chi connectivity index (χ1) is 8.01. The zero-order chi connectivity index (χ0) is 12.5. The van der Waals surface area contributed by atoms with Crippen molar-refractivity contribution in [3.05, 3.63) is 35.1 Å². The van der Waals surface area contributed by atoms with Gasteiger partial charge >= 0.3 is 0 Å². The highest BCUT2D eigenvalue weighted by Gasteiger charge is 2.36. The van der Waals surface area contributed by atoms with Gasteiger partial charge < -0.3 is 5.11 Å². The van der Waals surface area contributed by atoms with Crippen LogP contribution in [0.4, 0.5) is 4.39 Å². The second-order valence-electron chi connectivity index (χ2n) is 5.62. The van der Waals surface area contributed by atoms with Crippen LogP contribution in [0.2, 0.25) is 0 Å². The molecule has 0 saturated heterocycles. The van der Waals surface area contributed by atoms with E-state index >= 15 is 0 Å². The van der Waals surface area contributed by atoms with Crippen molar-refractivity contribution < 1.29 is 9.50 Å². The van der Waals surface area contributed by atoms with Crippen molar-refractivity contribution in [2.75, 3.05) is 0 Å². The van der Waals surface area contributed by atoms with Crippen LogP contribution >= 0.6 is 0 Å². The van der Waals surface area contributed by atoms with Crippen LogP contribution in [-0.2, 0) is 12.0 Å². The molecule has 1 aliphatic rings. The van der Waals surface area contributed by atoms with Crippen LogP contribution in [0.1, 0.15) is 50.7 Å². The predicted octanol–water partition coefficient (Wildman–Crippen LogP) is 3.79. The minimum atomic E-state index is -0.710. The Morgan fingerprint density at radius 1 is 1.41 bits per heavy atom. The fourth-order valence-corrected chi connectivity index (χ4v) is 2.76. The second-order valence-corrected chi connectivity index (χ2v) is 5.62. The first kappa shape index (κ1) is 12.6. The summed E-state index contributed by atoms with van der Waals surface area (Å²) >= 11 is 0. The molecule has 2 rings (SSSR count). The zero-order valence-electron chi connectivity index (χ0n) is 10.7. The fraction of sp³-hybridized carbons (Fsp3) is 0.600. The van der Waals surface area contributed by atoms with Crippen molar-refractivity contribution in [1.29, 1.82) is 0 Å². The van der Waals surface area contributed by atoms with Gasteiger partial charge in [0.15, 0.2) is 0 Å². The maximum Gasteiger partial charge on any atom is 0.123 e. The van der Waals surface area contributed by atoms with Crippen LogP contribution < -0.4 is 0 Å². The Kier molecular flexibility index (Phi) is 3.53. The van der Waals surface area contributed by atoms with Crippen LogP contribution in [-0.4, -0.2) is 5.11 Å². The number of hydrogen-bond acceptors (Lipinski definition) is 1. The Hall–Kier alpha value is -0.890. The van der Waals surface area contributed by atoms with Gasteiger partial charge in [-0.25, -0.2) is 4.39 Å². The monoisotopic (exact) mass is 236 g/mol. The van der Waals surface area contributed by atoms with Gasteiger partial charge in [0, 0.05) is 0 Å². The summed E-state index contributed by atoms with van der Waals surface area (Å²) < 4.78 is 13.1. The molecule has 0 aromatic heterocycles. The van der Waals surface area contributed by atoms with Gasteiger partial charge in [-0.3, -0.25) is 0 Å². The van der Waals surface area contributed by atoms with Crippen molar-refractivity contribution in [1.82, 2.24) is 0 Å². The van der Waals surface area contributed by atoms with E-state index in [2.05, 4.69) is 13.8 Å². The van der Waals surface area contributed by atoms with Crippen molar-refractivity contribution in [2.24, 2.45) is 5.92 Å². The molecule has 0 aliphatic heterocycles. The third-order valence-electron chi connectivity index (χ3n) is 3.75. The van der Waals surface area contributed by atoms with Gasteiger partial charge in [-0.05, 0) is 54.9 Å². The van der Waals surface area contributed by atoms with E-state index in [0.29, 0.717) is 5.92 Å². The Bertz CT molecular complexity index is 400. The zero-order valence-corrected chi connectivity index (χ0v) is 10.7. The van der Waals surface area contributed by atoms with E-state index in [0.717, 1.165) is 43.2 Å². The molecule has 0 fully saturated rings. The molecule has 1 nitrogen and oxygen atoms in total. The molecule has 1 aliphatic carbocycles. The number of aryl methyl sites for hydroxylation is 1. The van der Waals surface area contributed by atoms with E-state index in [4.69, 9.17) is 0 Å². The summed E-state index contributed by atoms with van der Waals surface area (Å²) in [7, 11) is 0. The van der Waals surface area contributed by atoms with Crippen molar-refractivity contribution >= 4 is 0 Å². The molecule has 1 atom stereocenters. The van der Waals surface area contributed by atoms with Crippen LogP contribution in [0.15, 0.2) is 18.2 Å². The molecule has 17 heavy (non-hydrogen) atoms.